The average molecular weight is 279 g/mol. The predicted octanol–water partition coefficient (Wildman–Crippen LogP) is 1.41. The lowest BCUT2D eigenvalue weighted by atomic mass is 10.1. The first-order valence-corrected chi connectivity index (χ1v) is 7.23. The zero-order valence-corrected chi connectivity index (χ0v) is 11.3. The van der Waals surface area contributed by atoms with E-state index < -0.39 is 0 Å². The van der Waals surface area contributed by atoms with Gasteiger partial charge in [0.15, 0.2) is 5.84 Å². The third-order valence-corrected chi connectivity index (χ3v) is 4.46. The van der Waals surface area contributed by atoms with Crippen LogP contribution in [0.4, 0.5) is 0 Å². The largest absolute Gasteiger partial charge is 0.409 e. The topological polar surface area (TPSA) is 87.7 Å². The summed E-state index contributed by atoms with van der Waals surface area (Å²) < 4.78 is 0. The lowest BCUT2D eigenvalue weighted by molar-refractivity contribution is 0.0953. The summed E-state index contributed by atoms with van der Waals surface area (Å²) in [5.41, 5.74) is 6.63. The maximum absolute atomic E-state index is 11.9. The van der Waals surface area contributed by atoms with Crippen molar-refractivity contribution in [3.63, 3.8) is 0 Å². The normalized spacial score (nSPS) is 19.4. The van der Waals surface area contributed by atoms with Crippen molar-refractivity contribution in [3.05, 3.63) is 35.4 Å². The second-order valence-electron chi connectivity index (χ2n) is 4.41. The molecule has 0 aliphatic carbocycles. The molecule has 0 radical (unpaired) electrons. The zero-order valence-electron chi connectivity index (χ0n) is 10.5. The SMILES string of the molecule is N/C(=N/O)c1ccc(C(=O)NCC2CCCS2)cc1. The summed E-state index contributed by atoms with van der Waals surface area (Å²) in [5, 5.41) is 14.9. The summed E-state index contributed by atoms with van der Waals surface area (Å²) in [5.74, 6) is 1.14. The Balaban J connectivity index is 1.91. The summed E-state index contributed by atoms with van der Waals surface area (Å²) in [6.45, 7) is 0.714. The molecule has 102 valence electrons. The standard InChI is InChI=1S/C13H17N3O2S/c14-12(16-18)9-3-5-10(6-4-9)13(17)15-8-11-2-1-7-19-11/h3-6,11,18H,1-2,7-8H2,(H2,14,16)(H,15,17). The molecule has 0 bridgehead atoms. The highest BCUT2D eigenvalue weighted by atomic mass is 32.2. The fourth-order valence-corrected chi connectivity index (χ4v) is 3.17. The number of carbonyl (C=O) groups excluding carboxylic acids is 1. The summed E-state index contributed by atoms with van der Waals surface area (Å²) in [6, 6.07) is 6.66. The van der Waals surface area contributed by atoms with Crippen LogP contribution in [0.15, 0.2) is 29.4 Å². The van der Waals surface area contributed by atoms with Gasteiger partial charge in [0.2, 0.25) is 0 Å². The zero-order chi connectivity index (χ0) is 13.7. The second kappa shape index (κ2) is 6.47. The summed E-state index contributed by atoms with van der Waals surface area (Å²) >= 11 is 1.91. The second-order valence-corrected chi connectivity index (χ2v) is 5.82. The highest BCUT2D eigenvalue weighted by molar-refractivity contribution is 8.00. The molecule has 1 amide bonds. The molecule has 1 aliphatic heterocycles. The third kappa shape index (κ3) is 3.64. The van der Waals surface area contributed by atoms with Crippen LogP contribution < -0.4 is 11.1 Å². The van der Waals surface area contributed by atoms with E-state index in [1.165, 1.54) is 18.6 Å². The van der Waals surface area contributed by atoms with Crippen LogP contribution in [0, 0.1) is 0 Å². The van der Waals surface area contributed by atoms with Gasteiger partial charge in [0, 0.05) is 22.9 Å². The Hall–Kier alpha value is -1.69. The van der Waals surface area contributed by atoms with Gasteiger partial charge in [-0.05, 0) is 30.7 Å². The molecule has 6 heteroatoms. The molecule has 1 unspecified atom stereocenters. The van der Waals surface area contributed by atoms with Crippen molar-refractivity contribution in [1.29, 1.82) is 0 Å². The van der Waals surface area contributed by atoms with E-state index in [2.05, 4.69) is 10.5 Å². The van der Waals surface area contributed by atoms with Gasteiger partial charge in [-0.3, -0.25) is 4.79 Å². The molecule has 1 fully saturated rings. The molecule has 19 heavy (non-hydrogen) atoms. The van der Waals surface area contributed by atoms with E-state index in [0.717, 1.165) is 0 Å². The van der Waals surface area contributed by atoms with Gasteiger partial charge < -0.3 is 16.3 Å². The smallest absolute Gasteiger partial charge is 0.251 e. The average Bonchev–Trinajstić information content (AvgIpc) is 2.97. The predicted molar refractivity (Wildman–Crippen MR) is 76.8 cm³/mol. The number of nitrogens with zero attached hydrogens (tertiary/aromatic N) is 1. The molecule has 0 saturated carbocycles. The Morgan fingerprint density at radius 1 is 1.42 bits per heavy atom. The van der Waals surface area contributed by atoms with E-state index in [1.54, 1.807) is 24.3 Å². The molecule has 5 nitrogen and oxygen atoms in total. The van der Waals surface area contributed by atoms with Crippen molar-refractivity contribution < 1.29 is 10.0 Å². The molecular weight excluding hydrogens is 262 g/mol. The Labute approximate surface area is 116 Å². The molecule has 1 saturated heterocycles. The minimum Gasteiger partial charge on any atom is -0.409 e. The maximum atomic E-state index is 11.9. The fourth-order valence-electron chi connectivity index (χ4n) is 1.96. The van der Waals surface area contributed by atoms with Gasteiger partial charge in [0.25, 0.3) is 5.91 Å². The fraction of sp³-hybridized carbons (Fsp3) is 0.385. The number of carbonyl (C=O) groups is 1. The minimum absolute atomic E-state index is 0.0364. The third-order valence-electron chi connectivity index (χ3n) is 3.06. The number of benzene rings is 1. The molecule has 1 aromatic rings. The molecule has 2 rings (SSSR count). The molecule has 4 N–H and O–H groups in total. The first-order valence-electron chi connectivity index (χ1n) is 6.18. The lowest BCUT2D eigenvalue weighted by Crippen LogP contribution is -2.29. The van der Waals surface area contributed by atoms with Gasteiger partial charge in [-0.2, -0.15) is 11.8 Å². The van der Waals surface area contributed by atoms with E-state index in [-0.39, 0.29) is 11.7 Å². The molecule has 0 spiro atoms. The summed E-state index contributed by atoms with van der Waals surface area (Å²) in [7, 11) is 0. The number of oxime groups is 1. The van der Waals surface area contributed by atoms with Crippen LogP contribution in [0.25, 0.3) is 0 Å². The number of nitrogens with two attached hydrogens (primary N) is 1. The number of thioether (sulfide) groups is 1. The number of amides is 1. The van der Waals surface area contributed by atoms with E-state index >= 15 is 0 Å². The summed E-state index contributed by atoms with van der Waals surface area (Å²) in [4.78, 5) is 11.9. The van der Waals surface area contributed by atoms with Gasteiger partial charge >= 0.3 is 0 Å². The van der Waals surface area contributed by atoms with Gasteiger partial charge in [-0.15, -0.1) is 0 Å². The van der Waals surface area contributed by atoms with E-state index in [0.29, 0.717) is 22.9 Å². The van der Waals surface area contributed by atoms with Crippen LogP contribution in [0.1, 0.15) is 28.8 Å². The molecular formula is C13H17N3O2S. The Morgan fingerprint density at radius 3 is 2.68 bits per heavy atom. The van der Waals surface area contributed by atoms with Gasteiger partial charge in [0.05, 0.1) is 0 Å². The highest BCUT2D eigenvalue weighted by Gasteiger charge is 2.16. The lowest BCUT2D eigenvalue weighted by Gasteiger charge is -2.10. The first kappa shape index (κ1) is 13.7. The van der Waals surface area contributed by atoms with Gasteiger partial charge in [-0.25, -0.2) is 0 Å². The van der Waals surface area contributed by atoms with E-state index in [4.69, 9.17) is 10.9 Å². The molecule has 1 atom stereocenters. The maximum Gasteiger partial charge on any atom is 0.251 e. The monoisotopic (exact) mass is 279 g/mol. The molecule has 1 heterocycles. The van der Waals surface area contributed by atoms with E-state index in [9.17, 15) is 4.79 Å². The van der Waals surface area contributed by atoms with Crippen molar-refractivity contribution in [2.24, 2.45) is 10.9 Å². The van der Waals surface area contributed by atoms with Gasteiger partial charge in [0.1, 0.15) is 0 Å². The Morgan fingerprint density at radius 2 is 2.11 bits per heavy atom. The van der Waals surface area contributed by atoms with Crippen LogP contribution in [0.2, 0.25) is 0 Å². The van der Waals surface area contributed by atoms with Crippen LogP contribution >= 0.6 is 11.8 Å². The van der Waals surface area contributed by atoms with Crippen LogP contribution in [-0.4, -0.2) is 34.5 Å². The minimum atomic E-state index is -0.0847. The van der Waals surface area contributed by atoms with Crippen LogP contribution in [-0.2, 0) is 0 Å². The Kier molecular flexibility index (Phi) is 4.68. The number of hydrogen-bond acceptors (Lipinski definition) is 4. The number of amidine groups is 1. The van der Waals surface area contributed by atoms with Crippen molar-refractivity contribution in [3.8, 4) is 0 Å². The first-order chi connectivity index (χ1) is 9.20. The van der Waals surface area contributed by atoms with Crippen LogP contribution in [0.3, 0.4) is 0 Å². The van der Waals surface area contributed by atoms with E-state index in [1.807, 2.05) is 11.8 Å². The van der Waals surface area contributed by atoms with Crippen molar-refractivity contribution in [2.75, 3.05) is 12.3 Å². The Bertz CT molecular complexity index is 467. The quantitative estimate of drug-likeness (QED) is 0.336. The highest BCUT2D eigenvalue weighted by Crippen LogP contribution is 2.25. The van der Waals surface area contributed by atoms with Crippen molar-refractivity contribution >= 4 is 23.5 Å². The van der Waals surface area contributed by atoms with Crippen LogP contribution in [0.5, 0.6) is 0 Å². The molecule has 1 aromatic carbocycles. The number of nitrogens with one attached hydrogen (secondary N) is 1. The molecule has 1 aliphatic rings. The number of hydrogen-bond donors (Lipinski definition) is 3. The van der Waals surface area contributed by atoms with Crippen molar-refractivity contribution in [2.45, 2.75) is 18.1 Å². The van der Waals surface area contributed by atoms with Gasteiger partial charge in [-0.1, -0.05) is 17.3 Å². The van der Waals surface area contributed by atoms with Crippen molar-refractivity contribution in [1.82, 2.24) is 5.32 Å². The summed E-state index contributed by atoms with van der Waals surface area (Å²) in [6.07, 6.45) is 2.41. The molecule has 0 aromatic heterocycles. The number of rotatable bonds is 4.